The predicted molar refractivity (Wildman–Crippen MR) is 102 cm³/mol. The Labute approximate surface area is 147 Å². The van der Waals surface area contributed by atoms with Crippen molar-refractivity contribution < 1.29 is 9.59 Å². The highest BCUT2D eigenvalue weighted by molar-refractivity contribution is 8.00. The molecule has 2 N–H and O–H groups in total. The molecule has 0 aliphatic carbocycles. The van der Waals surface area contributed by atoms with Crippen LogP contribution in [0.2, 0.25) is 0 Å². The fourth-order valence-corrected chi connectivity index (χ4v) is 2.82. The highest BCUT2D eigenvalue weighted by Crippen LogP contribution is 2.16. The SMILES string of the molecule is CCc1ccccc1NC(=O)CSCC(=O)Nc1ccc(C)cc1. The minimum atomic E-state index is -0.106. The van der Waals surface area contributed by atoms with E-state index in [2.05, 4.69) is 17.6 Å². The summed E-state index contributed by atoms with van der Waals surface area (Å²) >= 11 is 1.30. The third-order valence-corrected chi connectivity index (χ3v) is 4.41. The lowest BCUT2D eigenvalue weighted by Crippen LogP contribution is -2.19. The lowest BCUT2D eigenvalue weighted by molar-refractivity contribution is -0.114. The number of aryl methyl sites for hydroxylation is 2. The van der Waals surface area contributed by atoms with E-state index in [4.69, 9.17) is 0 Å². The smallest absolute Gasteiger partial charge is 0.234 e. The van der Waals surface area contributed by atoms with Crippen LogP contribution in [0.15, 0.2) is 48.5 Å². The Morgan fingerprint density at radius 3 is 2.21 bits per heavy atom. The van der Waals surface area contributed by atoms with Crippen molar-refractivity contribution in [1.29, 1.82) is 0 Å². The second-order valence-electron chi connectivity index (χ2n) is 5.47. The van der Waals surface area contributed by atoms with Crippen LogP contribution in [-0.4, -0.2) is 23.3 Å². The summed E-state index contributed by atoms with van der Waals surface area (Å²) in [7, 11) is 0. The van der Waals surface area contributed by atoms with E-state index in [-0.39, 0.29) is 23.3 Å². The van der Waals surface area contributed by atoms with Crippen LogP contribution in [0.1, 0.15) is 18.1 Å². The van der Waals surface area contributed by atoms with E-state index in [0.29, 0.717) is 0 Å². The average molecular weight is 342 g/mol. The minimum Gasteiger partial charge on any atom is -0.325 e. The van der Waals surface area contributed by atoms with Gasteiger partial charge in [0.2, 0.25) is 11.8 Å². The van der Waals surface area contributed by atoms with Crippen LogP contribution < -0.4 is 10.6 Å². The molecule has 0 bridgehead atoms. The molecule has 24 heavy (non-hydrogen) atoms. The highest BCUT2D eigenvalue weighted by atomic mass is 32.2. The van der Waals surface area contributed by atoms with Gasteiger partial charge in [-0.25, -0.2) is 0 Å². The number of carbonyl (C=O) groups excluding carboxylic acids is 2. The molecule has 2 aromatic rings. The van der Waals surface area contributed by atoms with E-state index in [9.17, 15) is 9.59 Å². The molecule has 4 nitrogen and oxygen atoms in total. The van der Waals surface area contributed by atoms with Crippen molar-refractivity contribution in [1.82, 2.24) is 0 Å². The maximum absolute atomic E-state index is 12.0. The maximum Gasteiger partial charge on any atom is 0.234 e. The predicted octanol–water partition coefficient (Wildman–Crippen LogP) is 3.87. The van der Waals surface area contributed by atoms with Crippen LogP contribution in [-0.2, 0) is 16.0 Å². The first-order valence-corrected chi connectivity index (χ1v) is 9.06. The molecule has 0 unspecified atom stereocenters. The standard InChI is InChI=1S/C19H22N2O2S/c1-3-15-6-4-5-7-17(15)21-19(23)13-24-12-18(22)20-16-10-8-14(2)9-11-16/h4-11H,3,12-13H2,1-2H3,(H,20,22)(H,21,23). The monoisotopic (exact) mass is 342 g/mol. The molecule has 0 saturated carbocycles. The highest BCUT2D eigenvalue weighted by Gasteiger charge is 2.08. The van der Waals surface area contributed by atoms with E-state index in [1.165, 1.54) is 11.8 Å². The fraction of sp³-hybridized carbons (Fsp3) is 0.263. The topological polar surface area (TPSA) is 58.2 Å². The first-order chi connectivity index (χ1) is 11.6. The van der Waals surface area contributed by atoms with E-state index in [0.717, 1.165) is 28.9 Å². The van der Waals surface area contributed by atoms with Gasteiger partial charge in [0.15, 0.2) is 0 Å². The number of rotatable bonds is 7. The number of anilines is 2. The van der Waals surface area contributed by atoms with Crippen molar-refractivity contribution in [2.75, 3.05) is 22.1 Å². The average Bonchev–Trinajstić information content (AvgIpc) is 2.57. The molecule has 2 rings (SSSR count). The molecule has 0 aliphatic heterocycles. The Morgan fingerprint density at radius 2 is 1.54 bits per heavy atom. The number of nitrogens with one attached hydrogen (secondary N) is 2. The van der Waals surface area contributed by atoms with Gasteiger partial charge in [-0.2, -0.15) is 0 Å². The van der Waals surface area contributed by atoms with Gasteiger partial charge >= 0.3 is 0 Å². The summed E-state index contributed by atoms with van der Waals surface area (Å²) in [5, 5.41) is 5.72. The van der Waals surface area contributed by atoms with E-state index in [1.54, 1.807) is 0 Å². The summed E-state index contributed by atoms with van der Waals surface area (Å²) in [4.78, 5) is 23.9. The summed E-state index contributed by atoms with van der Waals surface area (Å²) in [5.41, 5.74) is 3.86. The Morgan fingerprint density at radius 1 is 0.917 bits per heavy atom. The van der Waals surface area contributed by atoms with Crippen LogP contribution in [0.25, 0.3) is 0 Å². The van der Waals surface area contributed by atoms with E-state index in [1.807, 2.05) is 55.5 Å². The van der Waals surface area contributed by atoms with Gasteiger partial charge in [-0.05, 0) is 37.1 Å². The second kappa shape index (κ2) is 9.13. The normalized spacial score (nSPS) is 10.2. The van der Waals surface area contributed by atoms with Crippen molar-refractivity contribution in [3.63, 3.8) is 0 Å². The van der Waals surface area contributed by atoms with Crippen LogP contribution in [0.3, 0.4) is 0 Å². The van der Waals surface area contributed by atoms with Crippen molar-refractivity contribution in [3.8, 4) is 0 Å². The molecular formula is C19H22N2O2S. The van der Waals surface area contributed by atoms with Gasteiger partial charge in [0, 0.05) is 11.4 Å². The first-order valence-electron chi connectivity index (χ1n) is 7.90. The number of hydrogen-bond acceptors (Lipinski definition) is 3. The van der Waals surface area contributed by atoms with Gasteiger partial charge in [0.1, 0.15) is 0 Å². The first kappa shape index (κ1) is 18.1. The van der Waals surface area contributed by atoms with Gasteiger partial charge in [-0.3, -0.25) is 9.59 Å². The van der Waals surface area contributed by atoms with Gasteiger partial charge in [0.05, 0.1) is 11.5 Å². The number of hydrogen-bond donors (Lipinski definition) is 2. The number of benzene rings is 2. The van der Waals surface area contributed by atoms with Crippen LogP contribution >= 0.6 is 11.8 Å². The van der Waals surface area contributed by atoms with Gasteiger partial charge < -0.3 is 10.6 Å². The largest absolute Gasteiger partial charge is 0.325 e. The molecule has 126 valence electrons. The lowest BCUT2D eigenvalue weighted by atomic mass is 10.1. The van der Waals surface area contributed by atoms with Crippen molar-refractivity contribution in [2.45, 2.75) is 20.3 Å². The molecule has 2 aromatic carbocycles. The molecule has 0 atom stereocenters. The summed E-state index contributed by atoms with van der Waals surface area (Å²) in [5.74, 6) is 0.297. The molecular weight excluding hydrogens is 320 g/mol. The zero-order valence-corrected chi connectivity index (χ0v) is 14.8. The van der Waals surface area contributed by atoms with Crippen LogP contribution in [0.4, 0.5) is 11.4 Å². The molecule has 0 spiro atoms. The fourth-order valence-electron chi connectivity index (χ4n) is 2.21. The quantitative estimate of drug-likeness (QED) is 0.803. The molecule has 0 fully saturated rings. The Hall–Kier alpha value is -2.27. The van der Waals surface area contributed by atoms with Crippen molar-refractivity contribution in [2.24, 2.45) is 0 Å². The Bertz CT molecular complexity index is 699. The lowest BCUT2D eigenvalue weighted by Gasteiger charge is -2.09. The van der Waals surface area contributed by atoms with Crippen molar-refractivity contribution >= 4 is 35.0 Å². The van der Waals surface area contributed by atoms with Crippen LogP contribution in [0.5, 0.6) is 0 Å². The molecule has 0 saturated heterocycles. The summed E-state index contributed by atoms with van der Waals surface area (Å²) in [6, 6.07) is 15.4. The summed E-state index contributed by atoms with van der Waals surface area (Å²) in [6.45, 7) is 4.05. The third-order valence-electron chi connectivity index (χ3n) is 3.47. The summed E-state index contributed by atoms with van der Waals surface area (Å²) < 4.78 is 0. The minimum absolute atomic E-state index is 0.0935. The number of para-hydroxylation sites is 1. The maximum atomic E-state index is 12.0. The van der Waals surface area contributed by atoms with E-state index >= 15 is 0 Å². The van der Waals surface area contributed by atoms with Crippen LogP contribution in [0, 0.1) is 6.92 Å². The third kappa shape index (κ3) is 5.74. The van der Waals surface area contributed by atoms with E-state index < -0.39 is 0 Å². The van der Waals surface area contributed by atoms with Crippen molar-refractivity contribution in [3.05, 3.63) is 59.7 Å². The Balaban J connectivity index is 1.74. The Kier molecular flexibility index (Phi) is 6.88. The number of thioether (sulfide) groups is 1. The van der Waals surface area contributed by atoms with Gasteiger partial charge in [-0.15, -0.1) is 11.8 Å². The van der Waals surface area contributed by atoms with Gasteiger partial charge in [-0.1, -0.05) is 42.8 Å². The molecule has 0 aromatic heterocycles. The molecule has 2 amide bonds. The molecule has 0 heterocycles. The molecule has 0 aliphatic rings. The molecule has 0 radical (unpaired) electrons. The van der Waals surface area contributed by atoms with Gasteiger partial charge in [0.25, 0.3) is 0 Å². The number of carbonyl (C=O) groups is 2. The summed E-state index contributed by atoms with van der Waals surface area (Å²) in [6.07, 6.45) is 0.864. The molecule has 5 heteroatoms. The number of amides is 2. The second-order valence-corrected chi connectivity index (χ2v) is 6.45. The zero-order valence-electron chi connectivity index (χ0n) is 14.0. The zero-order chi connectivity index (χ0) is 17.4.